The molecule has 0 radical (unpaired) electrons. The van der Waals surface area contributed by atoms with Gasteiger partial charge in [0.2, 0.25) is 0 Å². The molecule has 1 aliphatic rings. The van der Waals surface area contributed by atoms with Crippen LogP contribution in [-0.4, -0.2) is 38.9 Å². The molecule has 4 aromatic rings. The van der Waals surface area contributed by atoms with Gasteiger partial charge in [0.25, 0.3) is 0 Å². The molecule has 30 heavy (non-hydrogen) atoms. The van der Waals surface area contributed by atoms with Crippen LogP contribution in [0.25, 0.3) is 22.3 Å². The van der Waals surface area contributed by atoms with E-state index >= 15 is 0 Å². The number of esters is 1. The lowest BCUT2D eigenvalue weighted by Gasteiger charge is -2.31. The average molecular weight is 399 g/mol. The first-order valence-electron chi connectivity index (χ1n) is 10.0. The summed E-state index contributed by atoms with van der Waals surface area (Å²) in [6, 6.07) is 17.9. The van der Waals surface area contributed by atoms with Crippen molar-refractivity contribution < 1.29 is 9.53 Å². The topological polar surface area (TPSA) is 73.1 Å². The molecule has 2 aromatic heterocycles. The van der Waals surface area contributed by atoms with Crippen molar-refractivity contribution in [1.29, 1.82) is 0 Å². The van der Waals surface area contributed by atoms with Crippen LogP contribution in [0.3, 0.4) is 0 Å². The number of rotatable bonds is 4. The Hall–Kier alpha value is -3.74. The van der Waals surface area contributed by atoms with Gasteiger partial charge in [-0.2, -0.15) is 0 Å². The number of benzene rings is 2. The Morgan fingerprint density at radius 3 is 2.67 bits per heavy atom. The third kappa shape index (κ3) is 3.08. The van der Waals surface area contributed by atoms with Crippen LogP contribution < -0.4 is 4.90 Å². The number of aromatic nitrogens is 4. The molecule has 2 aromatic carbocycles. The number of hydrogen-bond donors (Lipinski definition) is 0. The number of para-hydroxylation sites is 1. The van der Waals surface area contributed by atoms with Gasteiger partial charge in [-0.1, -0.05) is 48.5 Å². The van der Waals surface area contributed by atoms with Gasteiger partial charge in [0.05, 0.1) is 24.4 Å². The van der Waals surface area contributed by atoms with Crippen LogP contribution in [0, 0.1) is 0 Å². The second-order valence-corrected chi connectivity index (χ2v) is 7.14. The van der Waals surface area contributed by atoms with Crippen LogP contribution in [0.4, 0.5) is 5.69 Å². The molecule has 0 amide bonds. The number of anilines is 1. The third-order valence-corrected chi connectivity index (χ3v) is 5.34. The first-order valence-corrected chi connectivity index (χ1v) is 10.0. The van der Waals surface area contributed by atoms with Crippen LogP contribution in [-0.2, 0) is 17.8 Å². The highest BCUT2D eigenvalue weighted by Gasteiger charge is 2.27. The maximum Gasteiger partial charge on any atom is 0.341 e. The van der Waals surface area contributed by atoms with Crippen LogP contribution in [0.1, 0.15) is 23.1 Å². The first-order chi connectivity index (χ1) is 14.8. The van der Waals surface area contributed by atoms with Crippen molar-refractivity contribution in [1.82, 2.24) is 19.7 Å². The lowest BCUT2D eigenvalue weighted by molar-refractivity contribution is 0.0526. The molecule has 0 spiro atoms. The van der Waals surface area contributed by atoms with Crippen molar-refractivity contribution in [3.63, 3.8) is 0 Å². The standard InChI is InChI=1S/C23H21N5O2/c1-2-30-23(29)18-14-24-19-11-7-6-10-17(19)21(18)27-12-13-28-20(15-27)25-26-22(28)16-8-4-3-5-9-16/h3-11,14H,2,12-13,15H2,1H3. The van der Waals surface area contributed by atoms with E-state index in [1.807, 2.05) is 54.6 Å². The Labute approximate surface area is 173 Å². The highest BCUT2D eigenvalue weighted by atomic mass is 16.5. The third-order valence-electron chi connectivity index (χ3n) is 5.34. The van der Waals surface area contributed by atoms with Crippen molar-refractivity contribution in [2.24, 2.45) is 0 Å². The zero-order valence-corrected chi connectivity index (χ0v) is 16.7. The Morgan fingerprint density at radius 1 is 1.03 bits per heavy atom. The SMILES string of the molecule is CCOC(=O)c1cnc2ccccc2c1N1CCn2c(nnc2-c2ccccc2)C1. The molecule has 0 fully saturated rings. The number of pyridine rings is 1. The summed E-state index contributed by atoms with van der Waals surface area (Å²) in [5.41, 5.74) is 3.21. The number of nitrogens with zero attached hydrogens (tertiary/aromatic N) is 5. The van der Waals surface area contributed by atoms with Gasteiger partial charge in [-0.25, -0.2) is 4.79 Å². The second kappa shape index (κ2) is 7.59. The van der Waals surface area contributed by atoms with Crippen LogP contribution in [0.15, 0.2) is 60.8 Å². The highest BCUT2D eigenvalue weighted by Crippen LogP contribution is 2.33. The quantitative estimate of drug-likeness (QED) is 0.487. The molecule has 0 atom stereocenters. The fraction of sp³-hybridized carbons (Fsp3) is 0.217. The van der Waals surface area contributed by atoms with Gasteiger partial charge in [0.1, 0.15) is 5.56 Å². The van der Waals surface area contributed by atoms with Crippen molar-refractivity contribution in [2.75, 3.05) is 18.1 Å². The minimum Gasteiger partial charge on any atom is -0.462 e. The zero-order valence-electron chi connectivity index (χ0n) is 16.7. The molecule has 7 nitrogen and oxygen atoms in total. The van der Waals surface area contributed by atoms with E-state index in [0.29, 0.717) is 18.7 Å². The minimum atomic E-state index is -0.359. The van der Waals surface area contributed by atoms with Crippen molar-refractivity contribution in [2.45, 2.75) is 20.0 Å². The lowest BCUT2D eigenvalue weighted by Crippen LogP contribution is -2.35. The minimum absolute atomic E-state index is 0.319. The average Bonchev–Trinajstić information content (AvgIpc) is 3.22. The van der Waals surface area contributed by atoms with Gasteiger partial charge in [-0.15, -0.1) is 10.2 Å². The Kier molecular flexibility index (Phi) is 4.63. The van der Waals surface area contributed by atoms with E-state index in [4.69, 9.17) is 4.74 Å². The number of carbonyl (C=O) groups excluding carboxylic acids is 1. The smallest absolute Gasteiger partial charge is 0.341 e. The summed E-state index contributed by atoms with van der Waals surface area (Å²) >= 11 is 0. The summed E-state index contributed by atoms with van der Waals surface area (Å²) in [7, 11) is 0. The van der Waals surface area contributed by atoms with Crippen LogP contribution in [0.2, 0.25) is 0 Å². The highest BCUT2D eigenvalue weighted by molar-refractivity contribution is 6.05. The van der Waals surface area contributed by atoms with Crippen molar-refractivity contribution in [3.05, 3.63) is 72.2 Å². The van der Waals surface area contributed by atoms with Gasteiger partial charge >= 0.3 is 5.97 Å². The van der Waals surface area contributed by atoms with Gasteiger partial charge in [0, 0.05) is 30.2 Å². The lowest BCUT2D eigenvalue weighted by atomic mass is 10.1. The van der Waals surface area contributed by atoms with Crippen molar-refractivity contribution in [3.8, 4) is 11.4 Å². The molecular weight excluding hydrogens is 378 g/mol. The molecule has 0 saturated heterocycles. The number of carbonyl (C=O) groups is 1. The summed E-state index contributed by atoms with van der Waals surface area (Å²) < 4.78 is 7.45. The number of hydrogen-bond acceptors (Lipinski definition) is 6. The van der Waals surface area contributed by atoms with Crippen molar-refractivity contribution >= 4 is 22.6 Å². The molecule has 0 N–H and O–H groups in total. The van der Waals surface area contributed by atoms with Gasteiger partial charge in [0.15, 0.2) is 11.6 Å². The Morgan fingerprint density at radius 2 is 1.83 bits per heavy atom. The van der Waals surface area contributed by atoms with E-state index in [2.05, 4.69) is 24.6 Å². The number of ether oxygens (including phenoxy) is 1. The van der Waals surface area contributed by atoms with Gasteiger partial charge in [-0.3, -0.25) is 4.98 Å². The maximum absolute atomic E-state index is 12.7. The van der Waals surface area contributed by atoms with E-state index in [1.54, 1.807) is 13.1 Å². The maximum atomic E-state index is 12.7. The second-order valence-electron chi connectivity index (χ2n) is 7.14. The predicted octanol–water partition coefficient (Wildman–Crippen LogP) is 3.69. The molecule has 0 bridgehead atoms. The molecular formula is C23H21N5O2. The molecule has 0 unspecified atom stereocenters. The van der Waals surface area contributed by atoms with E-state index in [9.17, 15) is 4.79 Å². The molecule has 7 heteroatoms. The first kappa shape index (κ1) is 18.3. The summed E-state index contributed by atoms with van der Waals surface area (Å²) in [5.74, 6) is 1.38. The molecule has 1 aliphatic heterocycles. The van der Waals surface area contributed by atoms with E-state index < -0.39 is 0 Å². The molecule has 0 saturated carbocycles. The van der Waals surface area contributed by atoms with E-state index in [0.717, 1.165) is 46.9 Å². The van der Waals surface area contributed by atoms with E-state index in [-0.39, 0.29) is 5.97 Å². The molecule has 5 rings (SSSR count). The Bertz CT molecular complexity index is 1220. The summed E-state index contributed by atoms with van der Waals surface area (Å²) in [6.07, 6.45) is 1.62. The summed E-state index contributed by atoms with van der Waals surface area (Å²) in [4.78, 5) is 19.3. The van der Waals surface area contributed by atoms with Gasteiger partial charge in [-0.05, 0) is 13.0 Å². The van der Waals surface area contributed by atoms with Crippen LogP contribution in [0.5, 0.6) is 0 Å². The predicted molar refractivity (Wildman–Crippen MR) is 114 cm³/mol. The summed E-state index contributed by atoms with van der Waals surface area (Å²) in [6.45, 7) is 4.14. The fourth-order valence-electron chi connectivity index (χ4n) is 3.98. The van der Waals surface area contributed by atoms with Gasteiger partial charge < -0.3 is 14.2 Å². The number of fused-ring (bicyclic) bond motifs is 2. The largest absolute Gasteiger partial charge is 0.462 e. The Balaban J connectivity index is 1.57. The molecule has 0 aliphatic carbocycles. The summed E-state index contributed by atoms with van der Waals surface area (Å²) in [5, 5.41) is 9.80. The normalized spacial score (nSPS) is 13.3. The monoisotopic (exact) mass is 399 g/mol. The van der Waals surface area contributed by atoms with Crippen LogP contribution >= 0.6 is 0 Å². The van der Waals surface area contributed by atoms with E-state index in [1.165, 1.54) is 0 Å². The zero-order chi connectivity index (χ0) is 20.5. The fourth-order valence-corrected chi connectivity index (χ4v) is 3.98. The molecule has 150 valence electrons. The molecule has 3 heterocycles.